The zero-order chi connectivity index (χ0) is 20.9. The molecule has 1 N–H and O–H groups in total. The van der Waals surface area contributed by atoms with Crippen LogP contribution in [0.25, 0.3) is 11.1 Å². The number of hydrogen-bond donors (Lipinski definition) is 1. The van der Waals surface area contributed by atoms with Crippen LogP contribution in [0.4, 0.5) is 0 Å². The van der Waals surface area contributed by atoms with E-state index in [1.54, 1.807) is 30.3 Å². The third-order valence-electron chi connectivity index (χ3n) is 5.51. The lowest BCUT2D eigenvalue weighted by Gasteiger charge is -2.35. The van der Waals surface area contributed by atoms with Crippen molar-refractivity contribution in [3.8, 4) is 11.1 Å². The second-order valence-electron chi connectivity index (χ2n) is 7.45. The van der Waals surface area contributed by atoms with Gasteiger partial charge in [-0.15, -0.1) is 0 Å². The molecule has 1 heterocycles. The fourth-order valence-electron chi connectivity index (χ4n) is 3.93. The van der Waals surface area contributed by atoms with E-state index in [-0.39, 0.29) is 11.5 Å². The Morgan fingerprint density at radius 1 is 0.700 bits per heavy atom. The summed E-state index contributed by atoms with van der Waals surface area (Å²) in [5, 5.41) is 9.55. The van der Waals surface area contributed by atoms with Gasteiger partial charge in [0.2, 0.25) is 0 Å². The van der Waals surface area contributed by atoms with Crippen molar-refractivity contribution in [2.45, 2.75) is 6.54 Å². The average molecular weight is 400 g/mol. The van der Waals surface area contributed by atoms with Crippen LogP contribution in [0, 0.1) is 0 Å². The van der Waals surface area contributed by atoms with Crippen LogP contribution in [-0.2, 0) is 6.54 Å². The molecule has 0 atom stereocenters. The van der Waals surface area contributed by atoms with Crippen LogP contribution in [0.5, 0.6) is 0 Å². The van der Waals surface area contributed by atoms with E-state index in [9.17, 15) is 14.7 Å². The fraction of sp³-hybridized carbons (Fsp3) is 0.200. The molecule has 3 aromatic carbocycles. The van der Waals surface area contributed by atoms with Gasteiger partial charge in [-0.2, -0.15) is 0 Å². The van der Waals surface area contributed by atoms with E-state index in [0.717, 1.165) is 19.6 Å². The van der Waals surface area contributed by atoms with E-state index in [1.807, 2.05) is 41.3 Å². The van der Waals surface area contributed by atoms with Crippen LogP contribution in [0.15, 0.2) is 78.9 Å². The molecule has 0 spiro atoms. The van der Waals surface area contributed by atoms with Crippen molar-refractivity contribution in [3.05, 3.63) is 95.6 Å². The minimum Gasteiger partial charge on any atom is -0.478 e. The SMILES string of the molecule is O=C(O)c1ccccc1-c1ccccc1C(=O)N1CCN(Cc2ccccc2)CC1. The summed E-state index contributed by atoms with van der Waals surface area (Å²) in [5.41, 5.74) is 3.24. The molecule has 1 aliphatic rings. The second kappa shape index (κ2) is 8.93. The van der Waals surface area contributed by atoms with Crippen LogP contribution in [0.2, 0.25) is 0 Å². The Balaban J connectivity index is 1.51. The Kier molecular flexibility index (Phi) is 5.91. The van der Waals surface area contributed by atoms with Crippen LogP contribution >= 0.6 is 0 Å². The molecule has 5 nitrogen and oxygen atoms in total. The normalized spacial score (nSPS) is 14.5. The maximum Gasteiger partial charge on any atom is 0.336 e. The first-order valence-electron chi connectivity index (χ1n) is 10.1. The molecule has 0 aromatic heterocycles. The zero-order valence-electron chi connectivity index (χ0n) is 16.7. The molecule has 4 rings (SSSR count). The number of carboxylic acid groups (broad SMARTS) is 1. The van der Waals surface area contributed by atoms with Crippen molar-refractivity contribution < 1.29 is 14.7 Å². The van der Waals surface area contributed by atoms with Gasteiger partial charge in [-0.1, -0.05) is 66.7 Å². The van der Waals surface area contributed by atoms with Gasteiger partial charge in [0.25, 0.3) is 5.91 Å². The van der Waals surface area contributed by atoms with E-state index < -0.39 is 5.97 Å². The highest BCUT2D eigenvalue weighted by molar-refractivity contribution is 6.04. The summed E-state index contributed by atoms with van der Waals surface area (Å²) in [6.45, 7) is 3.82. The topological polar surface area (TPSA) is 60.9 Å². The largest absolute Gasteiger partial charge is 0.478 e. The predicted octanol–water partition coefficient (Wildman–Crippen LogP) is 4.01. The van der Waals surface area contributed by atoms with Crippen molar-refractivity contribution in [1.82, 2.24) is 9.80 Å². The molecule has 152 valence electrons. The second-order valence-corrected chi connectivity index (χ2v) is 7.45. The van der Waals surface area contributed by atoms with Gasteiger partial charge in [0.15, 0.2) is 0 Å². The first kappa shape index (κ1) is 19.9. The number of amides is 1. The number of carbonyl (C=O) groups is 2. The van der Waals surface area contributed by atoms with Crippen molar-refractivity contribution in [2.75, 3.05) is 26.2 Å². The van der Waals surface area contributed by atoms with Crippen molar-refractivity contribution >= 4 is 11.9 Å². The summed E-state index contributed by atoms with van der Waals surface area (Å²) in [5.74, 6) is -1.05. The number of nitrogens with zero attached hydrogens (tertiary/aromatic N) is 2. The van der Waals surface area contributed by atoms with Gasteiger partial charge < -0.3 is 10.0 Å². The lowest BCUT2D eigenvalue weighted by atomic mass is 9.94. The summed E-state index contributed by atoms with van der Waals surface area (Å²) in [4.78, 5) is 29.2. The highest BCUT2D eigenvalue weighted by Crippen LogP contribution is 2.28. The molecular weight excluding hydrogens is 376 g/mol. The van der Waals surface area contributed by atoms with Crippen molar-refractivity contribution in [2.24, 2.45) is 0 Å². The summed E-state index contributed by atoms with van der Waals surface area (Å²) in [6, 6.07) is 24.4. The molecule has 30 heavy (non-hydrogen) atoms. The first-order valence-corrected chi connectivity index (χ1v) is 10.1. The molecule has 1 fully saturated rings. The molecule has 0 unspecified atom stereocenters. The van der Waals surface area contributed by atoms with E-state index in [2.05, 4.69) is 17.0 Å². The molecule has 0 aliphatic carbocycles. The first-order chi connectivity index (χ1) is 14.6. The third kappa shape index (κ3) is 4.26. The van der Waals surface area contributed by atoms with E-state index >= 15 is 0 Å². The van der Waals surface area contributed by atoms with Gasteiger partial charge >= 0.3 is 5.97 Å². The molecule has 1 aliphatic heterocycles. The third-order valence-corrected chi connectivity index (χ3v) is 5.51. The molecule has 0 bridgehead atoms. The van der Waals surface area contributed by atoms with Gasteiger partial charge in [0, 0.05) is 38.3 Å². The van der Waals surface area contributed by atoms with Crippen molar-refractivity contribution in [3.63, 3.8) is 0 Å². The Labute approximate surface area is 176 Å². The van der Waals surface area contributed by atoms with E-state index in [0.29, 0.717) is 29.8 Å². The van der Waals surface area contributed by atoms with Gasteiger partial charge in [0.05, 0.1) is 5.56 Å². The molecule has 1 saturated heterocycles. The summed E-state index contributed by atoms with van der Waals surface area (Å²) in [7, 11) is 0. The lowest BCUT2D eigenvalue weighted by molar-refractivity contribution is 0.0627. The predicted molar refractivity (Wildman–Crippen MR) is 116 cm³/mol. The molecular formula is C25H24N2O3. The minimum atomic E-state index is -0.998. The number of aromatic carboxylic acids is 1. The maximum atomic E-state index is 13.3. The minimum absolute atomic E-state index is 0.0508. The molecule has 3 aromatic rings. The number of carboxylic acids is 1. The average Bonchev–Trinajstić information content (AvgIpc) is 2.80. The fourth-order valence-corrected chi connectivity index (χ4v) is 3.93. The Bertz CT molecular complexity index is 1040. The number of benzene rings is 3. The Hall–Kier alpha value is -3.44. The molecule has 0 saturated carbocycles. The van der Waals surface area contributed by atoms with Gasteiger partial charge in [-0.3, -0.25) is 9.69 Å². The van der Waals surface area contributed by atoms with Gasteiger partial charge in [0.1, 0.15) is 0 Å². The molecule has 5 heteroatoms. The quantitative estimate of drug-likeness (QED) is 0.703. The van der Waals surface area contributed by atoms with Gasteiger partial charge in [-0.25, -0.2) is 4.79 Å². The van der Waals surface area contributed by atoms with Crippen LogP contribution < -0.4 is 0 Å². The Morgan fingerprint density at radius 3 is 1.87 bits per heavy atom. The number of hydrogen-bond acceptors (Lipinski definition) is 3. The van der Waals surface area contributed by atoms with E-state index in [1.165, 1.54) is 5.56 Å². The molecule has 1 amide bonds. The highest BCUT2D eigenvalue weighted by atomic mass is 16.4. The number of rotatable bonds is 5. The lowest BCUT2D eigenvalue weighted by Crippen LogP contribution is -2.48. The summed E-state index contributed by atoms with van der Waals surface area (Å²) in [6.07, 6.45) is 0. The standard InChI is InChI=1S/C25H24N2O3/c28-24(27-16-14-26(15-17-27)18-19-8-2-1-3-9-19)22-12-6-4-10-20(22)21-11-5-7-13-23(21)25(29)30/h1-13H,14-18H2,(H,29,30). The Morgan fingerprint density at radius 2 is 1.23 bits per heavy atom. The van der Waals surface area contributed by atoms with Crippen LogP contribution in [0.3, 0.4) is 0 Å². The summed E-state index contributed by atoms with van der Waals surface area (Å²) >= 11 is 0. The number of piperazine rings is 1. The summed E-state index contributed by atoms with van der Waals surface area (Å²) < 4.78 is 0. The smallest absolute Gasteiger partial charge is 0.336 e. The number of carbonyl (C=O) groups excluding carboxylic acids is 1. The van der Waals surface area contributed by atoms with Gasteiger partial charge in [-0.05, 0) is 28.8 Å². The zero-order valence-corrected chi connectivity index (χ0v) is 16.7. The van der Waals surface area contributed by atoms with Crippen molar-refractivity contribution in [1.29, 1.82) is 0 Å². The van der Waals surface area contributed by atoms with Crippen LogP contribution in [0.1, 0.15) is 26.3 Å². The maximum absolute atomic E-state index is 13.3. The van der Waals surface area contributed by atoms with E-state index in [4.69, 9.17) is 0 Å². The molecule has 0 radical (unpaired) electrons. The monoisotopic (exact) mass is 400 g/mol. The van der Waals surface area contributed by atoms with Crippen LogP contribution in [-0.4, -0.2) is 53.0 Å². The highest BCUT2D eigenvalue weighted by Gasteiger charge is 2.25.